The van der Waals surface area contributed by atoms with Crippen LogP contribution in [0, 0.1) is 6.92 Å². The Morgan fingerprint density at radius 3 is 2.70 bits per heavy atom. The van der Waals surface area contributed by atoms with Crippen LogP contribution in [0.15, 0.2) is 39.9 Å². The van der Waals surface area contributed by atoms with Crippen LogP contribution >= 0.6 is 11.6 Å². The van der Waals surface area contributed by atoms with Crippen molar-refractivity contribution in [2.24, 2.45) is 0 Å². The van der Waals surface area contributed by atoms with Crippen LogP contribution in [0.5, 0.6) is 0 Å². The second kappa shape index (κ2) is 6.06. The van der Waals surface area contributed by atoms with Gasteiger partial charge in [-0.05, 0) is 25.5 Å². The highest BCUT2D eigenvalue weighted by Crippen LogP contribution is 2.20. The molecule has 0 radical (unpaired) electrons. The molecule has 7 heteroatoms. The number of aromatic amines is 1. The van der Waals surface area contributed by atoms with E-state index in [-0.39, 0.29) is 17.7 Å². The summed E-state index contributed by atoms with van der Waals surface area (Å²) >= 11 is 6.15. The van der Waals surface area contributed by atoms with E-state index in [1.54, 1.807) is 31.2 Å². The van der Waals surface area contributed by atoms with Crippen molar-refractivity contribution >= 4 is 22.5 Å². The van der Waals surface area contributed by atoms with Gasteiger partial charge in [-0.1, -0.05) is 23.7 Å². The van der Waals surface area contributed by atoms with Gasteiger partial charge in [0.15, 0.2) is 0 Å². The number of hydrogen-bond donors (Lipinski definition) is 2. The van der Waals surface area contributed by atoms with Crippen molar-refractivity contribution in [3.05, 3.63) is 61.8 Å². The third-order valence-electron chi connectivity index (χ3n) is 3.85. The van der Waals surface area contributed by atoms with Crippen molar-refractivity contribution in [2.45, 2.75) is 19.9 Å². The third kappa shape index (κ3) is 2.60. The summed E-state index contributed by atoms with van der Waals surface area (Å²) in [5.74, 6) is 0. The number of H-pyrrole nitrogens is 1. The summed E-state index contributed by atoms with van der Waals surface area (Å²) in [5, 5.41) is 12.8. The predicted molar refractivity (Wildman–Crippen MR) is 89.6 cm³/mol. The second-order valence-electron chi connectivity index (χ2n) is 5.29. The molecule has 3 aromatic rings. The van der Waals surface area contributed by atoms with Gasteiger partial charge in [0.25, 0.3) is 11.1 Å². The molecule has 2 N–H and O–H groups in total. The van der Waals surface area contributed by atoms with Gasteiger partial charge in [-0.2, -0.15) is 0 Å². The molecule has 0 aliphatic heterocycles. The van der Waals surface area contributed by atoms with Gasteiger partial charge in [-0.15, -0.1) is 0 Å². The minimum Gasteiger partial charge on any atom is -0.396 e. The Balaban J connectivity index is 2.28. The number of aryl methyl sites for hydroxylation is 1. The van der Waals surface area contributed by atoms with Crippen LogP contribution in [0.25, 0.3) is 16.6 Å². The molecule has 23 heavy (non-hydrogen) atoms. The summed E-state index contributed by atoms with van der Waals surface area (Å²) in [5.41, 5.74) is 1.11. The number of hydrogen-bond acceptors (Lipinski definition) is 3. The van der Waals surface area contributed by atoms with E-state index in [2.05, 4.69) is 5.10 Å². The summed E-state index contributed by atoms with van der Waals surface area (Å²) in [6, 6.07) is 8.39. The van der Waals surface area contributed by atoms with Crippen LogP contribution in [0.3, 0.4) is 0 Å². The lowest BCUT2D eigenvalue weighted by Gasteiger charge is -2.08. The molecular formula is C16H16ClN3O3. The number of halogens is 1. The number of rotatable bonds is 4. The summed E-state index contributed by atoms with van der Waals surface area (Å²) in [4.78, 5) is 25.0. The smallest absolute Gasteiger partial charge is 0.280 e. The second-order valence-corrected chi connectivity index (χ2v) is 5.70. The lowest BCUT2D eigenvalue weighted by atomic mass is 10.2. The van der Waals surface area contributed by atoms with Crippen LogP contribution in [-0.4, -0.2) is 26.1 Å². The molecule has 0 fully saturated rings. The molecule has 1 aromatic carbocycles. The van der Waals surface area contributed by atoms with E-state index in [1.165, 1.54) is 15.3 Å². The number of para-hydroxylation sites is 1. The van der Waals surface area contributed by atoms with Gasteiger partial charge in [-0.25, -0.2) is 4.68 Å². The van der Waals surface area contributed by atoms with E-state index in [0.29, 0.717) is 40.3 Å². The number of nitrogens with zero attached hydrogens (tertiary/aromatic N) is 2. The summed E-state index contributed by atoms with van der Waals surface area (Å²) in [7, 11) is 0. The van der Waals surface area contributed by atoms with Crippen LogP contribution in [0.4, 0.5) is 0 Å². The highest BCUT2D eigenvalue weighted by molar-refractivity contribution is 6.32. The topological polar surface area (TPSA) is 80.0 Å². The van der Waals surface area contributed by atoms with Crippen molar-refractivity contribution in [3.63, 3.8) is 0 Å². The van der Waals surface area contributed by atoms with Gasteiger partial charge >= 0.3 is 0 Å². The number of aliphatic hydroxyl groups is 1. The molecule has 0 amide bonds. The average Bonchev–Trinajstić information content (AvgIpc) is 2.84. The zero-order chi connectivity index (χ0) is 16.6. The van der Waals surface area contributed by atoms with Crippen molar-refractivity contribution in [1.29, 1.82) is 0 Å². The molecule has 2 aromatic heterocycles. The monoisotopic (exact) mass is 333 g/mol. The normalized spacial score (nSPS) is 11.3. The lowest BCUT2D eigenvalue weighted by molar-refractivity contribution is 0.278. The van der Waals surface area contributed by atoms with Gasteiger partial charge in [-0.3, -0.25) is 14.7 Å². The molecule has 0 saturated heterocycles. The molecule has 120 valence electrons. The van der Waals surface area contributed by atoms with Crippen molar-refractivity contribution < 1.29 is 5.11 Å². The molecular weight excluding hydrogens is 318 g/mol. The quantitative estimate of drug-likeness (QED) is 0.764. The predicted octanol–water partition coefficient (Wildman–Crippen LogP) is 1.82. The van der Waals surface area contributed by atoms with Crippen LogP contribution in [-0.2, 0) is 6.54 Å². The number of nitrogens with one attached hydrogen (secondary N) is 1. The van der Waals surface area contributed by atoms with E-state index in [4.69, 9.17) is 16.7 Å². The lowest BCUT2D eigenvalue weighted by Crippen LogP contribution is -2.23. The van der Waals surface area contributed by atoms with E-state index >= 15 is 0 Å². The zero-order valence-corrected chi connectivity index (χ0v) is 13.3. The Morgan fingerprint density at radius 2 is 2.00 bits per heavy atom. The third-order valence-corrected chi connectivity index (χ3v) is 4.17. The summed E-state index contributed by atoms with van der Waals surface area (Å²) in [6.45, 7) is 2.09. The largest absolute Gasteiger partial charge is 0.396 e. The SMILES string of the molecule is Cc1c2c(=O)n(-c3ccccc3Cl)[nH]c2cc(=O)n1CCCO. The Hall–Kier alpha value is -2.31. The number of pyridine rings is 1. The zero-order valence-electron chi connectivity index (χ0n) is 12.5. The fourth-order valence-corrected chi connectivity index (χ4v) is 2.94. The number of aromatic nitrogens is 3. The van der Waals surface area contributed by atoms with Gasteiger partial charge < -0.3 is 9.67 Å². The first kappa shape index (κ1) is 15.6. The minimum atomic E-state index is -0.261. The highest BCUT2D eigenvalue weighted by atomic mass is 35.5. The van der Waals surface area contributed by atoms with E-state index in [0.717, 1.165) is 0 Å². The minimum absolute atomic E-state index is 0.0130. The van der Waals surface area contributed by atoms with Gasteiger partial charge in [0.1, 0.15) is 0 Å². The highest BCUT2D eigenvalue weighted by Gasteiger charge is 2.16. The molecule has 3 rings (SSSR count). The number of aliphatic hydroxyl groups excluding tert-OH is 1. The maximum Gasteiger partial charge on any atom is 0.280 e. The molecule has 0 aliphatic rings. The van der Waals surface area contributed by atoms with Crippen molar-refractivity contribution in [3.8, 4) is 5.69 Å². The first-order valence-corrected chi connectivity index (χ1v) is 7.63. The summed E-state index contributed by atoms with van der Waals surface area (Å²) < 4.78 is 2.85. The van der Waals surface area contributed by atoms with Gasteiger partial charge in [0.2, 0.25) is 0 Å². The first-order chi connectivity index (χ1) is 11.0. The van der Waals surface area contributed by atoms with Crippen molar-refractivity contribution in [2.75, 3.05) is 6.61 Å². The van der Waals surface area contributed by atoms with E-state index < -0.39 is 0 Å². The molecule has 0 atom stereocenters. The van der Waals surface area contributed by atoms with E-state index in [9.17, 15) is 9.59 Å². The molecule has 0 bridgehead atoms. The fraction of sp³-hybridized carbons (Fsp3) is 0.250. The van der Waals surface area contributed by atoms with E-state index in [1.807, 2.05) is 0 Å². The number of benzene rings is 1. The van der Waals surface area contributed by atoms with Crippen LogP contribution < -0.4 is 11.1 Å². The molecule has 0 saturated carbocycles. The maximum atomic E-state index is 12.7. The Labute approximate surface area is 136 Å². The molecule has 0 aliphatic carbocycles. The maximum absolute atomic E-state index is 12.7. The number of fused-ring (bicyclic) bond motifs is 1. The van der Waals surface area contributed by atoms with Crippen LogP contribution in [0.2, 0.25) is 5.02 Å². The Morgan fingerprint density at radius 1 is 1.26 bits per heavy atom. The van der Waals surface area contributed by atoms with Crippen LogP contribution in [0.1, 0.15) is 12.1 Å². The Kier molecular flexibility index (Phi) is 4.11. The van der Waals surface area contributed by atoms with Gasteiger partial charge in [0.05, 0.1) is 21.6 Å². The summed E-state index contributed by atoms with van der Waals surface area (Å²) in [6.07, 6.45) is 0.454. The fourth-order valence-electron chi connectivity index (χ4n) is 2.72. The molecule has 0 unspecified atom stereocenters. The van der Waals surface area contributed by atoms with Crippen molar-refractivity contribution in [1.82, 2.24) is 14.3 Å². The average molecular weight is 334 g/mol. The molecule has 6 nitrogen and oxygen atoms in total. The Bertz CT molecular complexity index is 984. The molecule has 2 heterocycles. The standard InChI is InChI=1S/C16H16ClN3O3/c1-10-15-12(9-14(22)19(10)7-4-8-21)18-20(16(15)23)13-6-3-2-5-11(13)17/h2-3,5-6,9,18,21H,4,7-8H2,1H3. The first-order valence-electron chi connectivity index (χ1n) is 7.25. The molecule has 0 spiro atoms. The van der Waals surface area contributed by atoms with Gasteiger partial charge in [0, 0.05) is 24.9 Å².